The molecule has 24 heavy (non-hydrogen) atoms. The summed E-state index contributed by atoms with van der Waals surface area (Å²) >= 11 is 0. The Bertz CT molecular complexity index is 760. The van der Waals surface area contributed by atoms with Crippen LogP contribution in [-0.2, 0) is 11.2 Å². The number of nitrogens with zero attached hydrogens (tertiary/aromatic N) is 2. The molecule has 1 amide bonds. The molecule has 1 aromatic carbocycles. The van der Waals surface area contributed by atoms with Crippen LogP contribution in [0.5, 0.6) is 0 Å². The lowest BCUT2D eigenvalue weighted by Gasteiger charge is -2.34. The van der Waals surface area contributed by atoms with Crippen LogP contribution in [0.25, 0.3) is 0 Å². The molecule has 2 heterocycles. The van der Waals surface area contributed by atoms with Gasteiger partial charge >= 0.3 is 5.97 Å². The molecule has 0 aliphatic carbocycles. The first-order valence-electron chi connectivity index (χ1n) is 8.06. The summed E-state index contributed by atoms with van der Waals surface area (Å²) in [4.78, 5) is 30.8. The minimum Gasteiger partial charge on any atom is -0.479 e. The van der Waals surface area contributed by atoms with E-state index < -0.39 is 11.5 Å². The van der Waals surface area contributed by atoms with Crippen molar-refractivity contribution >= 4 is 11.9 Å². The van der Waals surface area contributed by atoms with Crippen LogP contribution in [0.4, 0.5) is 0 Å². The van der Waals surface area contributed by atoms with Crippen molar-refractivity contribution in [3.63, 3.8) is 0 Å². The number of aliphatic carboxylic acids is 1. The average molecular weight is 324 g/mol. The molecule has 1 aliphatic heterocycles. The van der Waals surface area contributed by atoms with E-state index in [0.717, 1.165) is 11.3 Å². The van der Waals surface area contributed by atoms with Crippen molar-refractivity contribution in [3.8, 4) is 0 Å². The van der Waals surface area contributed by atoms with Crippen molar-refractivity contribution in [1.82, 2.24) is 9.88 Å². The predicted molar refractivity (Wildman–Crippen MR) is 89.8 cm³/mol. The van der Waals surface area contributed by atoms with Gasteiger partial charge < -0.3 is 10.0 Å². The standard InChI is InChI=1S/C19H20N2O3/c1-14-7-5-10-16(20-14)17(22)21-12-6-11-19(21,18(23)24)13-15-8-3-2-4-9-15/h2-5,7-10H,6,11-13H2,1H3,(H,23,24). The molecule has 1 atom stereocenters. The number of pyridine rings is 1. The Morgan fingerprint density at radius 2 is 1.92 bits per heavy atom. The van der Waals surface area contributed by atoms with E-state index >= 15 is 0 Å². The summed E-state index contributed by atoms with van der Waals surface area (Å²) < 4.78 is 0. The molecule has 1 fully saturated rings. The van der Waals surface area contributed by atoms with E-state index in [0.29, 0.717) is 31.5 Å². The summed E-state index contributed by atoms with van der Waals surface area (Å²) in [6.07, 6.45) is 1.44. The van der Waals surface area contributed by atoms with Gasteiger partial charge in [-0.3, -0.25) is 4.79 Å². The van der Waals surface area contributed by atoms with Crippen LogP contribution in [0.3, 0.4) is 0 Å². The molecular weight excluding hydrogens is 304 g/mol. The van der Waals surface area contributed by atoms with Gasteiger partial charge in [0.15, 0.2) is 0 Å². The third kappa shape index (κ3) is 2.89. The molecular formula is C19H20N2O3. The van der Waals surface area contributed by atoms with E-state index in [4.69, 9.17) is 0 Å². The summed E-state index contributed by atoms with van der Waals surface area (Å²) in [5.74, 6) is -1.26. The number of carboxylic acids is 1. The van der Waals surface area contributed by atoms with Crippen LogP contribution >= 0.6 is 0 Å². The van der Waals surface area contributed by atoms with Crippen molar-refractivity contribution in [2.75, 3.05) is 6.54 Å². The Labute approximate surface area is 140 Å². The highest BCUT2D eigenvalue weighted by molar-refractivity contribution is 5.97. The fourth-order valence-corrected chi connectivity index (χ4v) is 3.39. The smallest absolute Gasteiger partial charge is 0.329 e. The van der Waals surface area contributed by atoms with Gasteiger partial charge in [0.05, 0.1) is 0 Å². The number of carbonyl (C=O) groups excluding carboxylic acids is 1. The molecule has 1 aromatic heterocycles. The van der Waals surface area contributed by atoms with E-state index in [2.05, 4.69) is 4.98 Å². The normalized spacial score (nSPS) is 20.1. The van der Waals surface area contributed by atoms with Gasteiger partial charge in [0.1, 0.15) is 11.2 Å². The third-order valence-corrected chi connectivity index (χ3v) is 4.58. The van der Waals surface area contributed by atoms with Gasteiger partial charge in [0.2, 0.25) is 0 Å². The molecule has 5 heteroatoms. The minimum atomic E-state index is -1.20. The Morgan fingerprint density at radius 1 is 1.17 bits per heavy atom. The summed E-state index contributed by atoms with van der Waals surface area (Å²) in [5, 5.41) is 9.93. The average Bonchev–Trinajstić information content (AvgIpc) is 3.00. The van der Waals surface area contributed by atoms with Gasteiger partial charge in [0.25, 0.3) is 5.91 Å². The number of amides is 1. The van der Waals surface area contributed by atoms with Crippen LogP contribution in [0.1, 0.15) is 34.6 Å². The molecule has 1 unspecified atom stereocenters. The molecule has 1 aliphatic rings. The molecule has 124 valence electrons. The minimum absolute atomic E-state index is 0.301. The quantitative estimate of drug-likeness (QED) is 0.939. The number of carboxylic acid groups (broad SMARTS) is 1. The predicted octanol–water partition coefficient (Wildman–Crippen LogP) is 2.69. The van der Waals surface area contributed by atoms with Crippen LogP contribution < -0.4 is 0 Å². The SMILES string of the molecule is Cc1cccc(C(=O)N2CCCC2(Cc2ccccc2)C(=O)O)n1. The van der Waals surface area contributed by atoms with Gasteiger partial charge in [-0.05, 0) is 37.5 Å². The van der Waals surface area contributed by atoms with Crippen molar-refractivity contribution in [2.24, 2.45) is 0 Å². The highest BCUT2D eigenvalue weighted by Gasteiger charge is 2.50. The van der Waals surface area contributed by atoms with Gasteiger partial charge in [0, 0.05) is 18.7 Å². The van der Waals surface area contributed by atoms with Gasteiger partial charge in [-0.15, -0.1) is 0 Å². The van der Waals surface area contributed by atoms with E-state index in [1.807, 2.05) is 43.3 Å². The molecule has 0 bridgehead atoms. The first-order chi connectivity index (χ1) is 11.5. The topological polar surface area (TPSA) is 70.5 Å². The number of benzene rings is 1. The monoisotopic (exact) mass is 324 g/mol. The number of carbonyl (C=O) groups is 2. The number of hydrogen-bond donors (Lipinski definition) is 1. The second-order valence-corrected chi connectivity index (χ2v) is 6.22. The molecule has 0 saturated carbocycles. The number of aryl methyl sites for hydroxylation is 1. The molecule has 3 rings (SSSR count). The second-order valence-electron chi connectivity index (χ2n) is 6.22. The summed E-state index contributed by atoms with van der Waals surface area (Å²) in [6, 6.07) is 14.7. The molecule has 2 aromatic rings. The Kier molecular flexibility index (Phi) is 4.34. The first-order valence-corrected chi connectivity index (χ1v) is 8.06. The fraction of sp³-hybridized carbons (Fsp3) is 0.316. The zero-order valence-electron chi connectivity index (χ0n) is 13.6. The maximum atomic E-state index is 12.9. The number of hydrogen-bond acceptors (Lipinski definition) is 3. The Balaban J connectivity index is 1.96. The van der Waals surface area contributed by atoms with Gasteiger partial charge in [-0.25, -0.2) is 9.78 Å². The highest BCUT2D eigenvalue weighted by atomic mass is 16.4. The van der Waals surface area contributed by atoms with Gasteiger partial charge in [-0.2, -0.15) is 0 Å². The lowest BCUT2D eigenvalue weighted by Crippen LogP contribution is -2.54. The van der Waals surface area contributed by atoms with E-state index in [9.17, 15) is 14.7 Å². The number of aromatic nitrogens is 1. The van der Waals surface area contributed by atoms with E-state index in [1.165, 1.54) is 4.90 Å². The fourth-order valence-electron chi connectivity index (χ4n) is 3.39. The summed E-state index contributed by atoms with van der Waals surface area (Å²) in [6.45, 7) is 2.25. The molecule has 0 radical (unpaired) electrons. The largest absolute Gasteiger partial charge is 0.479 e. The van der Waals surface area contributed by atoms with Crippen molar-refractivity contribution in [1.29, 1.82) is 0 Å². The summed E-state index contributed by atoms with van der Waals surface area (Å²) in [7, 11) is 0. The lowest BCUT2D eigenvalue weighted by molar-refractivity contribution is -0.148. The zero-order chi connectivity index (χ0) is 17.2. The summed E-state index contributed by atoms with van der Waals surface area (Å²) in [5.41, 5.74) is 0.751. The molecule has 5 nitrogen and oxygen atoms in total. The van der Waals surface area contributed by atoms with Crippen LogP contribution in [0, 0.1) is 6.92 Å². The maximum Gasteiger partial charge on any atom is 0.329 e. The molecule has 1 N–H and O–H groups in total. The second kappa shape index (κ2) is 6.43. The molecule has 1 saturated heterocycles. The maximum absolute atomic E-state index is 12.9. The van der Waals surface area contributed by atoms with Crippen molar-refractivity contribution < 1.29 is 14.7 Å². The highest BCUT2D eigenvalue weighted by Crippen LogP contribution is 2.34. The lowest BCUT2D eigenvalue weighted by atomic mass is 9.88. The van der Waals surface area contributed by atoms with Crippen LogP contribution in [-0.4, -0.2) is 39.0 Å². The number of likely N-dealkylation sites (tertiary alicyclic amines) is 1. The van der Waals surface area contributed by atoms with Crippen molar-refractivity contribution in [2.45, 2.75) is 31.7 Å². The zero-order valence-corrected chi connectivity index (χ0v) is 13.6. The number of rotatable bonds is 4. The molecule has 0 spiro atoms. The van der Waals surface area contributed by atoms with Gasteiger partial charge in [-0.1, -0.05) is 36.4 Å². The first kappa shape index (κ1) is 16.2. The Hall–Kier alpha value is -2.69. The Morgan fingerprint density at radius 3 is 2.58 bits per heavy atom. The van der Waals surface area contributed by atoms with E-state index in [1.54, 1.807) is 12.1 Å². The van der Waals surface area contributed by atoms with Crippen LogP contribution in [0.2, 0.25) is 0 Å². The van der Waals surface area contributed by atoms with E-state index in [-0.39, 0.29) is 5.91 Å². The third-order valence-electron chi connectivity index (χ3n) is 4.58. The van der Waals surface area contributed by atoms with Crippen LogP contribution in [0.15, 0.2) is 48.5 Å². The van der Waals surface area contributed by atoms with Crippen molar-refractivity contribution in [3.05, 3.63) is 65.5 Å².